The molecule has 0 aliphatic heterocycles. The lowest BCUT2D eigenvalue weighted by molar-refractivity contribution is -0.151. The molecule has 0 aromatic rings. The van der Waals surface area contributed by atoms with Gasteiger partial charge in [-0.2, -0.15) is 0 Å². The van der Waals surface area contributed by atoms with Gasteiger partial charge in [-0.05, 0) is 32.1 Å². The highest BCUT2D eigenvalue weighted by Crippen LogP contribution is 2.31. The average Bonchev–Trinajstić information content (AvgIpc) is 2.90. The lowest BCUT2D eigenvalue weighted by Gasteiger charge is -2.38. The third kappa shape index (κ3) is 2.28. The minimum atomic E-state index is -0.970. The summed E-state index contributed by atoms with van der Waals surface area (Å²) in [4.78, 5) is 22.4. The van der Waals surface area contributed by atoms with Crippen LogP contribution in [0.15, 0.2) is 0 Å². The highest BCUT2D eigenvalue weighted by atomic mass is 16.4. The Balaban J connectivity index is 1.78. The Morgan fingerprint density at radius 1 is 1.33 bits per heavy atom. The van der Waals surface area contributed by atoms with E-state index in [1.807, 2.05) is 0 Å². The van der Waals surface area contributed by atoms with Crippen molar-refractivity contribution in [1.82, 2.24) is 10.6 Å². The summed E-state index contributed by atoms with van der Waals surface area (Å²) < 4.78 is 0. The lowest BCUT2D eigenvalue weighted by Crippen LogP contribution is -2.60. The van der Waals surface area contributed by atoms with E-state index in [4.69, 9.17) is 5.11 Å². The van der Waals surface area contributed by atoms with Crippen LogP contribution in [0.5, 0.6) is 0 Å². The van der Waals surface area contributed by atoms with Gasteiger partial charge < -0.3 is 15.7 Å². The molecule has 84 valence electrons. The van der Waals surface area contributed by atoms with E-state index in [2.05, 4.69) is 10.6 Å². The second-order valence-electron chi connectivity index (χ2n) is 4.44. The van der Waals surface area contributed by atoms with Gasteiger partial charge in [0.05, 0.1) is 6.54 Å². The third-order valence-electron chi connectivity index (χ3n) is 3.12. The van der Waals surface area contributed by atoms with Gasteiger partial charge in [-0.25, -0.2) is 4.79 Å². The molecule has 0 radical (unpaired) electrons. The maximum absolute atomic E-state index is 11.5. The summed E-state index contributed by atoms with van der Waals surface area (Å²) in [6, 6.07) is 0.470. The number of rotatable bonds is 5. The molecule has 0 heterocycles. The van der Waals surface area contributed by atoms with Gasteiger partial charge in [0.15, 0.2) is 0 Å². The highest BCUT2D eigenvalue weighted by Gasteiger charge is 2.45. The van der Waals surface area contributed by atoms with Gasteiger partial charge in [0.25, 0.3) is 0 Å². The first-order chi connectivity index (χ1) is 7.12. The van der Waals surface area contributed by atoms with Gasteiger partial charge >= 0.3 is 5.97 Å². The predicted molar refractivity (Wildman–Crippen MR) is 53.4 cm³/mol. The fourth-order valence-electron chi connectivity index (χ4n) is 1.76. The van der Waals surface area contributed by atoms with Crippen LogP contribution in [0.25, 0.3) is 0 Å². The van der Waals surface area contributed by atoms with Crippen LogP contribution < -0.4 is 10.6 Å². The summed E-state index contributed by atoms with van der Waals surface area (Å²) in [6.07, 6.45) is 4.23. The number of aliphatic carboxylic acids is 1. The Morgan fingerprint density at radius 2 is 2.00 bits per heavy atom. The first-order valence-electron chi connectivity index (χ1n) is 5.40. The minimum absolute atomic E-state index is 0.205. The zero-order chi connectivity index (χ0) is 10.9. The summed E-state index contributed by atoms with van der Waals surface area (Å²) >= 11 is 0. The maximum Gasteiger partial charge on any atom is 0.329 e. The summed E-state index contributed by atoms with van der Waals surface area (Å²) in [5, 5.41) is 14.7. The van der Waals surface area contributed by atoms with E-state index in [-0.39, 0.29) is 12.5 Å². The largest absolute Gasteiger partial charge is 0.480 e. The molecule has 0 bridgehead atoms. The Labute approximate surface area is 88.2 Å². The van der Waals surface area contributed by atoms with Gasteiger partial charge in [-0.15, -0.1) is 0 Å². The van der Waals surface area contributed by atoms with Crippen LogP contribution in [0.4, 0.5) is 0 Å². The van der Waals surface area contributed by atoms with Crippen LogP contribution in [0.1, 0.15) is 32.1 Å². The number of hydrogen-bond donors (Lipinski definition) is 3. The van der Waals surface area contributed by atoms with Crippen molar-refractivity contribution in [2.24, 2.45) is 0 Å². The van der Waals surface area contributed by atoms with Gasteiger partial charge in [-0.1, -0.05) is 0 Å². The van der Waals surface area contributed by atoms with E-state index >= 15 is 0 Å². The molecule has 1 amide bonds. The number of carboxylic acid groups (broad SMARTS) is 1. The molecule has 0 unspecified atom stereocenters. The molecule has 5 nitrogen and oxygen atoms in total. The third-order valence-corrected chi connectivity index (χ3v) is 3.12. The van der Waals surface area contributed by atoms with E-state index in [1.165, 1.54) is 0 Å². The van der Waals surface area contributed by atoms with Crippen LogP contribution in [0.3, 0.4) is 0 Å². The molecule has 2 rings (SSSR count). The SMILES string of the molecule is O=C(CNC1CC1)NC1(C(=O)O)CCC1. The lowest BCUT2D eigenvalue weighted by atomic mass is 9.77. The molecule has 2 aliphatic carbocycles. The molecule has 0 aromatic carbocycles. The van der Waals surface area contributed by atoms with Crippen molar-refractivity contribution >= 4 is 11.9 Å². The standard InChI is InChI=1S/C10H16N2O3/c13-8(6-11-7-2-3-7)12-10(9(14)15)4-1-5-10/h7,11H,1-6H2,(H,12,13)(H,14,15). The van der Waals surface area contributed by atoms with Crippen molar-refractivity contribution in [2.75, 3.05) is 6.54 Å². The van der Waals surface area contributed by atoms with Gasteiger partial charge in [0.2, 0.25) is 5.91 Å². The Morgan fingerprint density at radius 3 is 2.40 bits per heavy atom. The topological polar surface area (TPSA) is 78.4 Å². The van der Waals surface area contributed by atoms with Crippen molar-refractivity contribution < 1.29 is 14.7 Å². The molecule has 0 aromatic heterocycles. The van der Waals surface area contributed by atoms with E-state index in [9.17, 15) is 9.59 Å². The summed E-state index contributed by atoms with van der Waals surface area (Å²) in [5.41, 5.74) is -0.970. The Hall–Kier alpha value is -1.10. The van der Waals surface area contributed by atoms with Crippen LogP contribution in [-0.4, -0.2) is 35.1 Å². The van der Waals surface area contributed by atoms with Crippen LogP contribution >= 0.6 is 0 Å². The Bertz CT molecular complexity index is 282. The quantitative estimate of drug-likeness (QED) is 0.593. The normalized spacial score (nSPS) is 22.9. The van der Waals surface area contributed by atoms with Gasteiger partial charge in [-0.3, -0.25) is 4.79 Å². The van der Waals surface area contributed by atoms with E-state index in [0.29, 0.717) is 18.9 Å². The fourth-order valence-corrected chi connectivity index (χ4v) is 1.76. The molecular formula is C10H16N2O3. The van der Waals surface area contributed by atoms with Crippen molar-refractivity contribution in [2.45, 2.75) is 43.7 Å². The molecular weight excluding hydrogens is 196 g/mol. The Kier molecular flexibility index (Phi) is 2.65. The van der Waals surface area contributed by atoms with E-state index in [1.54, 1.807) is 0 Å². The second-order valence-corrected chi connectivity index (χ2v) is 4.44. The van der Waals surface area contributed by atoms with Gasteiger partial charge in [0.1, 0.15) is 5.54 Å². The zero-order valence-corrected chi connectivity index (χ0v) is 8.58. The highest BCUT2D eigenvalue weighted by molar-refractivity contribution is 5.88. The number of carboxylic acids is 1. The molecule has 2 aliphatic rings. The monoisotopic (exact) mass is 212 g/mol. The average molecular weight is 212 g/mol. The maximum atomic E-state index is 11.5. The molecule has 5 heteroatoms. The zero-order valence-electron chi connectivity index (χ0n) is 8.58. The van der Waals surface area contributed by atoms with E-state index < -0.39 is 11.5 Å². The number of nitrogens with one attached hydrogen (secondary N) is 2. The molecule has 2 fully saturated rings. The minimum Gasteiger partial charge on any atom is -0.480 e. The van der Waals surface area contributed by atoms with Crippen molar-refractivity contribution in [3.8, 4) is 0 Å². The van der Waals surface area contributed by atoms with Crippen LogP contribution in [0, 0.1) is 0 Å². The van der Waals surface area contributed by atoms with Crippen molar-refractivity contribution in [3.05, 3.63) is 0 Å². The molecule has 15 heavy (non-hydrogen) atoms. The molecule has 0 spiro atoms. The van der Waals surface area contributed by atoms with Crippen LogP contribution in [0.2, 0.25) is 0 Å². The summed E-state index contributed by atoms with van der Waals surface area (Å²) in [6.45, 7) is 0.236. The first kappa shape index (κ1) is 10.4. The van der Waals surface area contributed by atoms with E-state index in [0.717, 1.165) is 19.3 Å². The molecule has 0 saturated heterocycles. The van der Waals surface area contributed by atoms with Crippen molar-refractivity contribution in [1.29, 1.82) is 0 Å². The number of carbonyl (C=O) groups excluding carboxylic acids is 1. The van der Waals surface area contributed by atoms with Crippen LogP contribution in [-0.2, 0) is 9.59 Å². The first-order valence-corrected chi connectivity index (χ1v) is 5.40. The van der Waals surface area contributed by atoms with Crippen molar-refractivity contribution in [3.63, 3.8) is 0 Å². The summed E-state index contributed by atoms with van der Waals surface area (Å²) in [7, 11) is 0. The molecule has 2 saturated carbocycles. The fraction of sp³-hybridized carbons (Fsp3) is 0.800. The number of amides is 1. The number of carbonyl (C=O) groups is 2. The number of hydrogen-bond acceptors (Lipinski definition) is 3. The smallest absolute Gasteiger partial charge is 0.329 e. The molecule has 0 atom stereocenters. The second kappa shape index (κ2) is 3.81. The summed E-state index contributed by atoms with van der Waals surface area (Å²) in [5.74, 6) is -1.11. The molecule has 3 N–H and O–H groups in total. The predicted octanol–water partition coefficient (Wildman–Crippen LogP) is -0.138. The van der Waals surface area contributed by atoms with Gasteiger partial charge in [0, 0.05) is 6.04 Å².